The maximum absolute atomic E-state index is 13.2. The van der Waals surface area contributed by atoms with Crippen molar-refractivity contribution >= 4 is 16.6 Å². The number of aryl methyl sites for hydroxylation is 1. The first-order chi connectivity index (χ1) is 18.5. The lowest BCUT2D eigenvalue weighted by atomic mass is 10.0. The van der Waals surface area contributed by atoms with Gasteiger partial charge in [-0.1, -0.05) is 12.1 Å². The first-order valence-electron chi connectivity index (χ1n) is 13.9. The van der Waals surface area contributed by atoms with Crippen molar-refractivity contribution in [2.75, 3.05) is 13.1 Å². The summed E-state index contributed by atoms with van der Waals surface area (Å²) in [5, 5.41) is 2.14. The molecule has 38 heavy (non-hydrogen) atoms. The Morgan fingerprint density at radius 3 is 2.68 bits per heavy atom. The molecule has 2 aliphatic rings. The molecule has 7 nitrogen and oxygen atoms in total. The van der Waals surface area contributed by atoms with Gasteiger partial charge in [-0.05, 0) is 63.1 Å². The van der Waals surface area contributed by atoms with Gasteiger partial charge in [-0.15, -0.1) is 0 Å². The van der Waals surface area contributed by atoms with E-state index in [-0.39, 0.29) is 18.3 Å². The Labute approximate surface area is 223 Å². The molecule has 0 spiro atoms. The van der Waals surface area contributed by atoms with Crippen LogP contribution in [0.4, 0.5) is 0 Å². The van der Waals surface area contributed by atoms with Gasteiger partial charge in [0.05, 0.1) is 18.3 Å². The van der Waals surface area contributed by atoms with Crippen molar-refractivity contribution in [2.45, 2.75) is 71.1 Å². The topological polar surface area (TPSA) is 73.1 Å². The summed E-state index contributed by atoms with van der Waals surface area (Å²) in [7, 11) is 0. The van der Waals surface area contributed by atoms with Crippen LogP contribution in [-0.4, -0.2) is 55.4 Å². The smallest absolute Gasteiger partial charge is 0.214 e. The standard InChI is InChI=1S/C31H35N5O2/c1-21(2)35-13-9-27(10-14-35)38-31-17-23(8-11-32-31)29(37)18-26-16-25-15-22(6-7-24(25)19-33-26)28-20-34-30-5-3-4-12-36(28)30/h6-8,11,15-17,19-21,27H,3-5,9-10,12-14,18H2,1-2H3. The zero-order valence-electron chi connectivity index (χ0n) is 22.3. The number of benzene rings is 1. The van der Waals surface area contributed by atoms with E-state index >= 15 is 0 Å². The van der Waals surface area contributed by atoms with E-state index in [1.165, 1.54) is 18.7 Å². The number of Topliss-reactive ketones (excluding diaryl/α,β-unsaturated/α-hetero) is 1. The predicted molar refractivity (Wildman–Crippen MR) is 149 cm³/mol. The van der Waals surface area contributed by atoms with Gasteiger partial charge in [-0.25, -0.2) is 9.97 Å². The van der Waals surface area contributed by atoms with Gasteiger partial charge >= 0.3 is 0 Å². The largest absolute Gasteiger partial charge is 0.474 e. The highest BCUT2D eigenvalue weighted by Crippen LogP contribution is 2.28. The number of imidazole rings is 1. The molecule has 5 heterocycles. The van der Waals surface area contributed by atoms with E-state index in [0.717, 1.165) is 66.6 Å². The van der Waals surface area contributed by atoms with Gasteiger partial charge in [0.15, 0.2) is 5.78 Å². The van der Waals surface area contributed by atoms with Crippen molar-refractivity contribution in [3.63, 3.8) is 0 Å². The normalized spacial score (nSPS) is 16.6. The number of fused-ring (bicyclic) bond motifs is 2. The average molecular weight is 510 g/mol. The van der Waals surface area contributed by atoms with Gasteiger partial charge in [0.1, 0.15) is 11.9 Å². The third-order valence-corrected chi connectivity index (χ3v) is 7.94. The molecule has 0 saturated carbocycles. The van der Waals surface area contributed by atoms with E-state index in [1.54, 1.807) is 18.3 Å². The first-order valence-corrected chi connectivity index (χ1v) is 13.9. The minimum absolute atomic E-state index is 0.0136. The van der Waals surface area contributed by atoms with Crippen LogP contribution in [-0.2, 0) is 19.4 Å². The van der Waals surface area contributed by atoms with E-state index in [9.17, 15) is 4.79 Å². The van der Waals surface area contributed by atoms with Gasteiger partial charge in [0.25, 0.3) is 0 Å². The highest BCUT2D eigenvalue weighted by atomic mass is 16.5. The van der Waals surface area contributed by atoms with Crippen LogP contribution in [0.2, 0.25) is 0 Å². The number of ketones is 1. The fraction of sp³-hybridized carbons (Fsp3) is 0.419. The summed E-state index contributed by atoms with van der Waals surface area (Å²) < 4.78 is 8.50. The van der Waals surface area contributed by atoms with Crippen LogP contribution < -0.4 is 4.74 Å². The van der Waals surface area contributed by atoms with Crippen LogP contribution in [0.25, 0.3) is 22.0 Å². The van der Waals surface area contributed by atoms with Gasteiger partial charge in [-0.3, -0.25) is 9.78 Å². The molecule has 0 N–H and O–H groups in total. The van der Waals surface area contributed by atoms with E-state index in [0.29, 0.717) is 17.5 Å². The molecule has 0 atom stereocenters. The van der Waals surface area contributed by atoms with E-state index in [2.05, 4.69) is 56.5 Å². The molecule has 196 valence electrons. The monoisotopic (exact) mass is 509 g/mol. The fourth-order valence-corrected chi connectivity index (χ4v) is 5.68. The minimum atomic E-state index is 0.0136. The highest BCUT2D eigenvalue weighted by molar-refractivity contribution is 5.98. The van der Waals surface area contributed by atoms with Crippen molar-refractivity contribution in [3.05, 3.63) is 72.1 Å². The van der Waals surface area contributed by atoms with Crippen molar-refractivity contribution in [3.8, 4) is 17.1 Å². The quantitative estimate of drug-likeness (QED) is 0.306. The maximum atomic E-state index is 13.2. The second kappa shape index (κ2) is 10.7. The Balaban J connectivity index is 1.16. The highest BCUT2D eigenvalue weighted by Gasteiger charge is 2.23. The SMILES string of the molecule is CC(C)N1CCC(Oc2cc(C(=O)Cc3cc4cc(-c5cnc6n5CCCC6)ccc4cn3)ccn2)CC1. The van der Waals surface area contributed by atoms with Crippen LogP contribution in [0, 0.1) is 0 Å². The van der Waals surface area contributed by atoms with Crippen molar-refractivity contribution < 1.29 is 9.53 Å². The molecule has 0 aliphatic carbocycles. The molecule has 1 aromatic carbocycles. The van der Waals surface area contributed by atoms with E-state index in [1.807, 2.05) is 18.5 Å². The average Bonchev–Trinajstić information content (AvgIpc) is 3.37. The number of carbonyl (C=O) groups is 1. The lowest BCUT2D eigenvalue weighted by Gasteiger charge is -2.34. The van der Waals surface area contributed by atoms with Crippen molar-refractivity contribution in [1.29, 1.82) is 0 Å². The molecule has 2 aliphatic heterocycles. The lowest BCUT2D eigenvalue weighted by molar-refractivity contribution is 0.0809. The zero-order chi connectivity index (χ0) is 26.1. The summed E-state index contributed by atoms with van der Waals surface area (Å²) in [5.74, 6) is 1.72. The van der Waals surface area contributed by atoms with Crippen LogP contribution in [0.1, 0.15) is 61.4 Å². The van der Waals surface area contributed by atoms with Gasteiger partial charge in [0.2, 0.25) is 5.88 Å². The lowest BCUT2D eigenvalue weighted by Crippen LogP contribution is -2.41. The zero-order valence-corrected chi connectivity index (χ0v) is 22.3. The minimum Gasteiger partial charge on any atom is -0.474 e. The van der Waals surface area contributed by atoms with E-state index in [4.69, 9.17) is 4.74 Å². The molecule has 3 aromatic heterocycles. The molecule has 0 unspecified atom stereocenters. The van der Waals surface area contributed by atoms with Gasteiger partial charge in [0, 0.05) is 72.8 Å². The first kappa shape index (κ1) is 24.7. The molecule has 1 fully saturated rings. The summed E-state index contributed by atoms with van der Waals surface area (Å²) in [4.78, 5) is 29.3. The summed E-state index contributed by atoms with van der Waals surface area (Å²) in [5.41, 5.74) is 3.68. The molecule has 4 aromatic rings. The number of pyridine rings is 2. The molecule has 0 radical (unpaired) electrons. The van der Waals surface area contributed by atoms with Crippen molar-refractivity contribution in [2.24, 2.45) is 0 Å². The molecule has 1 saturated heterocycles. The number of carbonyl (C=O) groups excluding carboxylic acids is 1. The number of aromatic nitrogens is 4. The second-order valence-corrected chi connectivity index (χ2v) is 10.8. The number of ether oxygens (including phenoxy) is 1. The number of piperidine rings is 1. The number of hydrogen-bond acceptors (Lipinski definition) is 6. The number of hydrogen-bond donors (Lipinski definition) is 0. The second-order valence-electron chi connectivity index (χ2n) is 10.8. The Kier molecular flexibility index (Phi) is 6.94. The molecule has 0 bridgehead atoms. The Morgan fingerprint density at radius 1 is 0.974 bits per heavy atom. The number of nitrogens with zero attached hydrogens (tertiary/aromatic N) is 5. The number of rotatable bonds is 7. The summed E-state index contributed by atoms with van der Waals surface area (Å²) >= 11 is 0. The summed E-state index contributed by atoms with van der Waals surface area (Å²) in [6, 6.07) is 12.6. The third-order valence-electron chi connectivity index (χ3n) is 7.94. The van der Waals surface area contributed by atoms with Crippen LogP contribution in [0.5, 0.6) is 5.88 Å². The molecular formula is C31H35N5O2. The van der Waals surface area contributed by atoms with Crippen LogP contribution in [0.3, 0.4) is 0 Å². The maximum Gasteiger partial charge on any atom is 0.214 e. The molecule has 6 rings (SSSR count). The van der Waals surface area contributed by atoms with Crippen LogP contribution in [0.15, 0.2) is 55.0 Å². The fourth-order valence-electron chi connectivity index (χ4n) is 5.68. The summed E-state index contributed by atoms with van der Waals surface area (Å²) in [6.07, 6.45) is 11.3. The van der Waals surface area contributed by atoms with Gasteiger partial charge < -0.3 is 14.2 Å². The number of likely N-dealkylation sites (tertiary alicyclic amines) is 1. The Hall–Kier alpha value is -3.58. The Bertz CT molecular complexity index is 1450. The molecule has 7 heteroatoms. The molecule has 0 amide bonds. The van der Waals surface area contributed by atoms with Crippen LogP contribution >= 0.6 is 0 Å². The Morgan fingerprint density at radius 2 is 1.84 bits per heavy atom. The predicted octanol–water partition coefficient (Wildman–Crippen LogP) is 5.51. The van der Waals surface area contributed by atoms with Crippen molar-refractivity contribution in [1.82, 2.24) is 24.4 Å². The molecular weight excluding hydrogens is 474 g/mol. The summed E-state index contributed by atoms with van der Waals surface area (Å²) in [6.45, 7) is 7.54. The van der Waals surface area contributed by atoms with E-state index < -0.39 is 0 Å². The van der Waals surface area contributed by atoms with Gasteiger partial charge in [-0.2, -0.15) is 0 Å². The third kappa shape index (κ3) is 5.20.